The van der Waals surface area contributed by atoms with Gasteiger partial charge in [-0.25, -0.2) is 0 Å². The van der Waals surface area contributed by atoms with E-state index in [1.165, 1.54) is 11.8 Å². The quantitative estimate of drug-likeness (QED) is 0.857. The number of aromatic nitrogens is 2. The minimum atomic E-state index is -0.122. The van der Waals surface area contributed by atoms with Crippen molar-refractivity contribution in [3.8, 4) is 0 Å². The standard InChI is InChI=1S/C14H18N4O/c1-18(14(19)13-12(15)10-16-17-13)9-5-8-11-6-3-2-4-7-11/h2-4,6-7,10H,5,8-9,15H2,1H3,(H,16,17). The maximum atomic E-state index is 12.0. The average molecular weight is 258 g/mol. The van der Waals surface area contributed by atoms with Crippen LogP contribution in [0.4, 0.5) is 5.69 Å². The Hall–Kier alpha value is -2.30. The summed E-state index contributed by atoms with van der Waals surface area (Å²) in [4.78, 5) is 13.7. The molecule has 1 amide bonds. The Morgan fingerprint density at radius 1 is 1.37 bits per heavy atom. The summed E-state index contributed by atoms with van der Waals surface area (Å²) in [5.74, 6) is -0.122. The lowest BCUT2D eigenvalue weighted by atomic mass is 10.1. The number of nitrogens with two attached hydrogens (primary N) is 1. The Kier molecular flexibility index (Phi) is 4.18. The summed E-state index contributed by atoms with van der Waals surface area (Å²) in [6, 6.07) is 10.2. The van der Waals surface area contributed by atoms with Crippen LogP contribution >= 0.6 is 0 Å². The molecular formula is C14H18N4O. The van der Waals surface area contributed by atoms with Gasteiger partial charge in [-0.05, 0) is 18.4 Å². The monoisotopic (exact) mass is 258 g/mol. The lowest BCUT2D eigenvalue weighted by Gasteiger charge is -2.16. The highest BCUT2D eigenvalue weighted by molar-refractivity contribution is 5.96. The SMILES string of the molecule is CN(CCCc1ccccc1)C(=O)c1[nH]ncc1N. The van der Waals surface area contributed by atoms with Crippen LogP contribution in [-0.2, 0) is 6.42 Å². The van der Waals surface area contributed by atoms with Crippen molar-refractivity contribution in [2.45, 2.75) is 12.8 Å². The molecule has 19 heavy (non-hydrogen) atoms. The predicted octanol–water partition coefficient (Wildman–Crippen LogP) is 1.70. The number of hydrogen-bond acceptors (Lipinski definition) is 3. The Morgan fingerprint density at radius 2 is 2.11 bits per heavy atom. The molecule has 0 radical (unpaired) electrons. The van der Waals surface area contributed by atoms with E-state index in [1.807, 2.05) is 18.2 Å². The molecule has 0 unspecified atom stereocenters. The first-order chi connectivity index (χ1) is 9.18. The maximum Gasteiger partial charge on any atom is 0.273 e. The topological polar surface area (TPSA) is 75.0 Å². The number of amides is 1. The van der Waals surface area contributed by atoms with Gasteiger partial charge in [0.25, 0.3) is 5.91 Å². The first-order valence-corrected chi connectivity index (χ1v) is 6.26. The molecule has 100 valence electrons. The summed E-state index contributed by atoms with van der Waals surface area (Å²) in [6.45, 7) is 0.687. The molecule has 1 aromatic heterocycles. The predicted molar refractivity (Wildman–Crippen MR) is 74.7 cm³/mol. The van der Waals surface area contributed by atoms with E-state index in [9.17, 15) is 4.79 Å². The lowest BCUT2D eigenvalue weighted by molar-refractivity contribution is 0.0789. The van der Waals surface area contributed by atoms with Gasteiger partial charge in [-0.1, -0.05) is 30.3 Å². The molecule has 3 N–H and O–H groups in total. The first-order valence-electron chi connectivity index (χ1n) is 6.26. The molecule has 1 heterocycles. The maximum absolute atomic E-state index is 12.0. The van der Waals surface area contributed by atoms with Crippen LogP contribution in [-0.4, -0.2) is 34.6 Å². The highest BCUT2D eigenvalue weighted by atomic mass is 16.2. The summed E-state index contributed by atoms with van der Waals surface area (Å²) in [5, 5.41) is 6.38. The second-order valence-electron chi connectivity index (χ2n) is 4.52. The number of rotatable bonds is 5. The molecule has 0 atom stereocenters. The van der Waals surface area contributed by atoms with Crippen LogP contribution in [0.5, 0.6) is 0 Å². The number of benzene rings is 1. The Morgan fingerprint density at radius 3 is 2.74 bits per heavy atom. The number of nitrogens with zero attached hydrogens (tertiary/aromatic N) is 2. The number of nitrogen functional groups attached to an aromatic ring is 1. The van der Waals surface area contributed by atoms with E-state index in [-0.39, 0.29) is 5.91 Å². The highest BCUT2D eigenvalue weighted by Gasteiger charge is 2.15. The largest absolute Gasteiger partial charge is 0.396 e. The van der Waals surface area contributed by atoms with Gasteiger partial charge in [0.2, 0.25) is 0 Å². The van der Waals surface area contributed by atoms with Crippen molar-refractivity contribution in [2.75, 3.05) is 19.3 Å². The molecule has 0 fully saturated rings. The van der Waals surface area contributed by atoms with E-state index in [4.69, 9.17) is 5.73 Å². The Bertz CT molecular complexity index is 535. The van der Waals surface area contributed by atoms with Gasteiger partial charge in [-0.3, -0.25) is 9.89 Å². The van der Waals surface area contributed by atoms with Crippen molar-refractivity contribution < 1.29 is 4.79 Å². The van der Waals surface area contributed by atoms with Gasteiger partial charge in [0, 0.05) is 13.6 Å². The minimum Gasteiger partial charge on any atom is -0.396 e. The van der Waals surface area contributed by atoms with Crippen LogP contribution in [0.3, 0.4) is 0 Å². The zero-order chi connectivity index (χ0) is 13.7. The third kappa shape index (κ3) is 3.34. The lowest BCUT2D eigenvalue weighted by Crippen LogP contribution is -2.29. The molecule has 0 spiro atoms. The molecule has 1 aromatic carbocycles. The summed E-state index contributed by atoms with van der Waals surface area (Å²) < 4.78 is 0. The van der Waals surface area contributed by atoms with Crippen molar-refractivity contribution in [3.63, 3.8) is 0 Å². The van der Waals surface area contributed by atoms with Gasteiger partial charge < -0.3 is 10.6 Å². The van der Waals surface area contributed by atoms with Gasteiger partial charge in [0.1, 0.15) is 5.69 Å². The van der Waals surface area contributed by atoms with Crippen LogP contribution in [0, 0.1) is 0 Å². The zero-order valence-electron chi connectivity index (χ0n) is 11.0. The molecule has 5 nitrogen and oxygen atoms in total. The van der Waals surface area contributed by atoms with Gasteiger partial charge in [-0.15, -0.1) is 0 Å². The van der Waals surface area contributed by atoms with E-state index < -0.39 is 0 Å². The second kappa shape index (κ2) is 6.04. The second-order valence-corrected chi connectivity index (χ2v) is 4.52. The molecule has 0 aliphatic heterocycles. The zero-order valence-corrected chi connectivity index (χ0v) is 11.0. The van der Waals surface area contributed by atoms with Crippen LogP contribution in [0.2, 0.25) is 0 Å². The van der Waals surface area contributed by atoms with Crippen LogP contribution < -0.4 is 5.73 Å². The van der Waals surface area contributed by atoms with E-state index in [0.29, 0.717) is 17.9 Å². The molecule has 0 saturated heterocycles. The molecule has 5 heteroatoms. The molecular weight excluding hydrogens is 240 g/mol. The average Bonchev–Trinajstić information content (AvgIpc) is 2.85. The number of anilines is 1. The van der Waals surface area contributed by atoms with Gasteiger partial charge >= 0.3 is 0 Å². The van der Waals surface area contributed by atoms with Crippen LogP contribution in [0.1, 0.15) is 22.5 Å². The minimum absolute atomic E-state index is 0.122. The summed E-state index contributed by atoms with van der Waals surface area (Å²) in [6.07, 6.45) is 3.32. The summed E-state index contributed by atoms with van der Waals surface area (Å²) >= 11 is 0. The summed E-state index contributed by atoms with van der Waals surface area (Å²) in [7, 11) is 1.77. The normalized spacial score (nSPS) is 10.4. The Balaban J connectivity index is 1.83. The number of aromatic amines is 1. The van der Waals surface area contributed by atoms with Gasteiger partial charge in [-0.2, -0.15) is 5.10 Å². The number of aryl methyl sites for hydroxylation is 1. The van der Waals surface area contributed by atoms with Crippen molar-refractivity contribution in [1.29, 1.82) is 0 Å². The third-order valence-electron chi connectivity index (χ3n) is 3.03. The fraction of sp³-hybridized carbons (Fsp3) is 0.286. The van der Waals surface area contributed by atoms with Crippen LogP contribution in [0.25, 0.3) is 0 Å². The fourth-order valence-electron chi connectivity index (χ4n) is 1.92. The van der Waals surface area contributed by atoms with E-state index in [2.05, 4.69) is 22.3 Å². The van der Waals surface area contributed by atoms with E-state index >= 15 is 0 Å². The fourth-order valence-corrected chi connectivity index (χ4v) is 1.92. The van der Waals surface area contributed by atoms with Crippen molar-refractivity contribution in [3.05, 3.63) is 47.8 Å². The van der Waals surface area contributed by atoms with E-state index in [0.717, 1.165) is 12.8 Å². The highest BCUT2D eigenvalue weighted by Crippen LogP contribution is 2.10. The Labute approximate surface area is 112 Å². The molecule has 2 aromatic rings. The number of carbonyl (C=O) groups is 1. The van der Waals surface area contributed by atoms with Crippen molar-refractivity contribution in [2.24, 2.45) is 0 Å². The number of nitrogens with one attached hydrogen (secondary N) is 1. The molecule has 0 bridgehead atoms. The smallest absolute Gasteiger partial charge is 0.273 e. The van der Waals surface area contributed by atoms with Crippen molar-refractivity contribution >= 4 is 11.6 Å². The molecule has 0 aliphatic rings. The molecule has 2 rings (SSSR count). The van der Waals surface area contributed by atoms with Crippen LogP contribution in [0.15, 0.2) is 36.5 Å². The van der Waals surface area contributed by atoms with E-state index in [1.54, 1.807) is 11.9 Å². The molecule has 0 aliphatic carbocycles. The van der Waals surface area contributed by atoms with Crippen molar-refractivity contribution in [1.82, 2.24) is 15.1 Å². The third-order valence-corrected chi connectivity index (χ3v) is 3.03. The number of H-pyrrole nitrogens is 1. The number of hydrogen-bond donors (Lipinski definition) is 2. The number of carbonyl (C=O) groups excluding carboxylic acids is 1. The van der Waals surface area contributed by atoms with Gasteiger partial charge in [0.15, 0.2) is 0 Å². The summed E-state index contributed by atoms with van der Waals surface area (Å²) in [5.41, 5.74) is 7.69. The molecule has 0 saturated carbocycles. The van der Waals surface area contributed by atoms with Gasteiger partial charge in [0.05, 0.1) is 11.9 Å². The first kappa shape index (κ1) is 13.1.